The molecule has 0 aromatic carbocycles. The lowest BCUT2D eigenvalue weighted by Gasteiger charge is -2.03. The number of hydrogen-bond donors (Lipinski definition) is 1. The molecule has 92 valence electrons. The van der Waals surface area contributed by atoms with Crippen LogP contribution in [0.15, 0.2) is 23.8 Å². The van der Waals surface area contributed by atoms with Crippen molar-refractivity contribution >= 4 is 28.4 Å². The fourth-order valence-corrected chi connectivity index (χ4v) is 2.49. The van der Waals surface area contributed by atoms with E-state index in [1.54, 1.807) is 18.4 Å². The van der Waals surface area contributed by atoms with Crippen molar-refractivity contribution in [3.63, 3.8) is 0 Å². The quantitative estimate of drug-likeness (QED) is 0.773. The third-order valence-electron chi connectivity index (χ3n) is 2.62. The molecule has 3 rings (SSSR count). The van der Waals surface area contributed by atoms with Gasteiger partial charge in [0, 0.05) is 4.88 Å². The number of fused-ring (bicyclic) bond motifs is 1. The number of aromatic nitrogens is 4. The third-order valence-corrected chi connectivity index (χ3v) is 3.48. The lowest BCUT2D eigenvalue weighted by atomic mass is 10.4. The van der Waals surface area contributed by atoms with E-state index in [0.717, 1.165) is 0 Å². The lowest BCUT2D eigenvalue weighted by Crippen LogP contribution is -2.04. The van der Waals surface area contributed by atoms with Crippen LogP contribution in [0, 0.1) is 0 Å². The van der Waals surface area contributed by atoms with Gasteiger partial charge in [-0.3, -0.25) is 4.57 Å². The van der Waals surface area contributed by atoms with Crippen molar-refractivity contribution in [1.29, 1.82) is 0 Å². The van der Waals surface area contributed by atoms with E-state index in [-0.39, 0.29) is 0 Å². The highest BCUT2D eigenvalue weighted by atomic mass is 32.1. The molecule has 0 atom stereocenters. The fourth-order valence-electron chi connectivity index (χ4n) is 1.80. The number of nitrogen functional groups attached to an aromatic ring is 1. The molecule has 0 radical (unpaired) electrons. The summed E-state index contributed by atoms with van der Waals surface area (Å²) >= 11 is 1.67. The molecule has 2 N–H and O–H groups in total. The molecule has 0 spiro atoms. The summed E-state index contributed by atoms with van der Waals surface area (Å²) in [6, 6.07) is 4.05. The molecule has 0 fully saturated rings. The minimum absolute atomic E-state index is 0.414. The van der Waals surface area contributed by atoms with Gasteiger partial charge in [0.05, 0.1) is 13.7 Å². The minimum atomic E-state index is 0.414. The largest absolute Gasteiger partial charge is 0.479 e. The summed E-state index contributed by atoms with van der Waals surface area (Å²) in [7, 11) is 1.55. The normalized spacial score (nSPS) is 10.9. The molecule has 0 bridgehead atoms. The zero-order valence-corrected chi connectivity index (χ0v) is 10.5. The second-order valence-electron chi connectivity index (χ2n) is 3.69. The van der Waals surface area contributed by atoms with Crippen LogP contribution in [0.1, 0.15) is 4.88 Å². The van der Waals surface area contributed by atoms with E-state index in [4.69, 9.17) is 10.5 Å². The maximum Gasteiger partial charge on any atom is 0.245 e. The van der Waals surface area contributed by atoms with Crippen molar-refractivity contribution in [2.45, 2.75) is 6.54 Å². The average Bonchev–Trinajstić information content (AvgIpc) is 2.99. The smallest absolute Gasteiger partial charge is 0.245 e. The van der Waals surface area contributed by atoms with Gasteiger partial charge in [0.25, 0.3) is 0 Å². The van der Waals surface area contributed by atoms with E-state index >= 15 is 0 Å². The molecular weight excluding hydrogens is 250 g/mol. The zero-order valence-electron chi connectivity index (χ0n) is 9.70. The first-order chi connectivity index (χ1) is 8.79. The predicted octanol–water partition coefficient (Wildman–Crippen LogP) is 1.53. The molecular formula is C11H11N5OS. The molecule has 0 aliphatic heterocycles. The number of ether oxygens (including phenoxy) is 1. The summed E-state index contributed by atoms with van der Waals surface area (Å²) in [6.07, 6.45) is 1.45. The van der Waals surface area contributed by atoms with Gasteiger partial charge in [0.15, 0.2) is 11.2 Å². The summed E-state index contributed by atoms with van der Waals surface area (Å²) < 4.78 is 7.00. The Hall–Kier alpha value is -2.15. The summed E-state index contributed by atoms with van der Waals surface area (Å²) in [6.45, 7) is 0.653. The molecule has 18 heavy (non-hydrogen) atoms. The average molecular weight is 261 g/mol. The van der Waals surface area contributed by atoms with Crippen LogP contribution in [-0.4, -0.2) is 26.6 Å². The number of methoxy groups -OCH3 is 1. The lowest BCUT2D eigenvalue weighted by molar-refractivity contribution is 0.401. The van der Waals surface area contributed by atoms with Crippen LogP contribution in [0.4, 0.5) is 5.95 Å². The predicted molar refractivity (Wildman–Crippen MR) is 69.7 cm³/mol. The van der Waals surface area contributed by atoms with Crippen molar-refractivity contribution in [2.24, 2.45) is 0 Å². The topological polar surface area (TPSA) is 78.8 Å². The summed E-state index contributed by atoms with van der Waals surface area (Å²) in [5.41, 5.74) is 7.21. The summed E-state index contributed by atoms with van der Waals surface area (Å²) in [5.74, 6) is 0.855. The van der Waals surface area contributed by atoms with Crippen molar-refractivity contribution in [1.82, 2.24) is 19.5 Å². The molecule has 3 heterocycles. The van der Waals surface area contributed by atoms with Gasteiger partial charge in [0.2, 0.25) is 11.8 Å². The Morgan fingerprint density at radius 3 is 3.06 bits per heavy atom. The van der Waals surface area contributed by atoms with Crippen LogP contribution in [0.2, 0.25) is 0 Å². The molecule has 6 nitrogen and oxygen atoms in total. The molecule has 0 aliphatic rings. The number of rotatable bonds is 3. The van der Waals surface area contributed by atoms with Crippen molar-refractivity contribution in [3.8, 4) is 5.88 Å². The number of nitrogens with zero attached hydrogens (tertiary/aromatic N) is 4. The first-order valence-electron chi connectivity index (χ1n) is 5.32. The number of hydrogen-bond acceptors (Lipinski definition) is 6. The Labute approximate surface area is 107 Å². The number of imidazole rings is 1. The van der Waals surface area contributed by atoms with E-state index in [9.17, 15) is 0 Å². The highest BCUT2D eigenvalue weighted by Gasteiger charge is 2.14. The highest BCUT2D eigenvalue weighted by Crippen LogP contribution is 2.24. The van der Waals surface area contributed by atoms with Crippen LogP contribution in [-0.2, 0) is 6.54 Å². The Morgan fingerprint density at radius 2 is 2.33 bits per heavy atom. The first kappa shape index (κ1) is 11.0. The molecule has 3 aromatic heterocycles. The summed E-state index contributed by atoms with van der Waals surface area (Å²) in [5, 5.41) is 2.03. The van der Waals surface area contributed by atoms with Gasteiger partial charge in [-0.2, -0.15) is 4.98 Å². The van der Waals surface area contributed by atoms with Crippen LogP contribution < -0.4 is 10.5 Å². The van der Waals surface area contributed by atoms with Crippen LogP contribution in [0.25, 0.3) is 11.2 Å². The maximum atomic E-state index is 5.93. The summed E-state index contributed by atoms with van der Waals surface area (Å²) in [4.78, 5) is 13.7. The van der Waals surface area contributed by atoms with E-state index in [1.165, 1.54) is 11.2 Å². The van der Waals surface area contributed by atoms with E-state index < -0.39 is 0 Å². The molecule has 0 saturated heterocycles. The number of nitrogens with two attached hydrogens (primary N) is 1. The fraction of sp³-hybridized carbons (Fsp3) is 0.182. The van der Waals surface area contributed by atoms with Crippen LogP contribution in [0.3, 0.4) is 0 Å². The van der Waals surface area contributed by atoms with Crippen molar-refractivity contribution in [3.05, 3.63) is 28.7 Å². The molecule has 0 saturated carbocycles. The molecule has 0 amide bonds. The van der Waals surface area contributed by atoms with E-state index in [0.29, 0.717) is 29.5 Å². The molecule has 0 aliphatic carbocycles. The molecule has 0 unspecified atom stereocenters. The van der Waals surface area contributed by atoms with Gasteiger partial charge < -0.3 is 10.5 Å². The zero-order chi connectivity index (χ0) is 12.5. The Kier molecular flexibility index (Phi) is 2.60. The Bertz CT molecular complexity index is 676. The van der Waals surface area contributed by atoms with Gasteiger partial charge in [-0.15, -0.1) is 11.3 Å². The van der Waals surface area contributed by atoms with E-state index in [2.05, 4.69) is 15.0 Å². The van der Waals surface area contributed by atoms with Crippen LogP contribution in [0.5, 0.6) is 5.88 Å². The standard InChI is InChI=1S/C11H11N5OS/c1-17-10-8-9(13-6-14-10)16(11(12)15-8)5-7-3-2-4-18-7/h2-4,6H,5H2,1H3,(H2,12,15). The first-order valence-corrected chi connectivity index (χ1v) is 6.20. The highest BCUT2D eigenvalue weighted by molar-refractivity contribution is 7.09. The molecule has 7 heteroatoms. The number of anilines is 1. The van der Waals surface area contributed by atoms with Gasteiger partial charge >= 0.3 is 0 Å². The monoisotopic (exact) mass is 261 g/mol. The molecule has 3 aromatic rings. The second-order valence-corrected chi connectivity index (χ2v) is 4.72. The van der Waals surface area contributed by atoms with Crippen molar-refractivity contribution in [2.75, 3.05) is 12.8 Å². The van der Waals surface area contributed by atoms with Gasteiger partial charge in [-0.25, -0.2) is 9.97 Å². The number of thiophene rings is 1. The van der Waals surface area contributed by atoms with Crippen LogP contribution >= 0.6 is 11.3 Å². The Morgan fingerprint density at radius 1 is 1.44 bits per heavy atom. The minimum Gasteiger partial charge on any atom is -0.479 e. The SMILES string of the molecule is COc1ncnc2c1nc(N)n2Cc1cccs1. The second kappa shape index (κ2) is 4.26. The third kappa shape index (κ3) is 1.68. The maximum absolute atomic E-state index is 5.93. The van der Waals surface area contributed by atoms with E-state index in [1.807, 2.05) is 22.1 Å². The van der Waals surface area contributed by atoms with Gasteiger partial charge in [0.1, 0.15) is 6.33 Å². The Balaban J connectivity index is 2.14. The van der Waals surface area contributed by atoms with Crippen molar-refractivity contribution < 1.29 is 4.74 Å². The van der Waals surface area contributed by atoms with Gasteiger partial charge in [-0.1, -0.05) is 6.07 Å². The van der Waals surface area contributed by atoms with Gasteiger partial charge in [-0.05, 0) is 11.4 Å².